The highest BCUT2D eigenvalue weighted by Crippen LogP contribution is 2.43. The van der Waals surface area contributed by atoms with Gasteiger partial charge in [0.25, 0.3) is 0 Å². The van der Waals surface area contributed by atoms with Gasteiger partial charge in [0.05, 0.1) is 32.0 Å². The van der Waals surface area contributed by atoms with Gasteiger partial charge in [-0.15, -0.1) is 0 Å². The Morgan fingerprint density at radius 2 is 0.985 bits per heavy atom. The van der Waals surface area contributed by atoms with Crippen LogP contribution in [0.2, 0.25) is 0 Å². The van der Waals surface area contributed by atoms with E-state index in [1.54, 1.807) is 24.3 Å². The third kappa shape index (κ3) is 45.6. The van der Waals surface area contributed by atoms with Crippen molar-refractivity contribution < 1.29 is 71.8 Å². The fourth-order valence-electron chi connectivity index (χ4n) is 5.31. The number of rotatable bonds is 41. The number of esters is 2. The van der Waals surface area contributed by atoms with Gasteiger partial charge >= 0.3 is 27.6 Å². The lowest BCUT2D eigenvalue weighted by molar-refractivity contribution is -0.161. The van der Waals surface area contributed by atoms with Crippen LogP contribution in [0.1, 0.15) is 129 Å². The van der Waals surface area contributed by atoms with Crippen LogP contribution in [0.5, 0.6) is 0 Å². The first-order chi connectivity index (χ1) is 31.2. The zero-order chi connectivity index (χ0) is 48.3. The molecular weight excluding hydrogens is 878 g/mol. The molecule has 5 atom stereocenters. The van der Waals surface area contributed by atoms with Crippen LogP contribution in [0.15, 0.2) is 109 Å². The van der Waals surface area contributed by atoms with Crippen LogP contribution in [-0.2, 0) is 41.8 Å². The smallest absolute Gasteiger partial charge is 0.462 e. The highest BCUT2D eigenvalue weighted by molar-refractivity contribution is 7.47. The number of carbonyl (C=O) groups excluding carboxylic acids is 2. The van der Waals surface area contributed by atoms with Crippen molar-refractivity contribution in [3.8, 4) is 0 Å². The molecule has 0 saturated carbocycles. The number of carbonyl (C=O) groups is 2. The van der Waals surface area contributed by atoms with Crippen molar-refractivity contribution in [1.82, 2.24) is 0 Å². The minimum atomic E-state index is -4.90. The van der Waals surface area contributed by atoms with Crippen LogP contribution < -0.4 is 0 Å². The van der Waals surface area contributed by atoms with E-state index in [-0.39, 0.29) is 25.7 Å². The number of ether oxygens (including phenoxy) is 2. The molecular formula is C48H78O15P2. The molecule has 0 aromatic carbocycles. The largest absolute Gasteiger partial charge is 0.472 e. The van der Waals surface area contributed by atoms with Crippen molar-refractivity contribution in [2.75, 3.05) is 26.4 Å². The average Bonchev–Trinajstić information content (AvgIpc) is 3.26. The minimum Gasteiger partial charge on any atom is -0.462 e. The molecule has 1 unspecified atom stereocenters. The van der Waals surface area contributed by atoms with Crippen molar-refractivity contribution in [1.29, 1.82) is 0 Å². The van der Waals surface area contributed by atoms with E-state index in [4.69, 9.17) is 23.8 Å². The van der Waals surface area contributed by atoms with Crippen LogP contribution in [-0.4, -0.2) is 92.8 Å². The molecule has 0 amide bonds. The lowest BCUT2D eigenvalue weighted by Crippen LogP contribution is -2.30. The molecule has 0 saturated heterocycles. The third-order valence-electron chi connectivity index (χ3n) is 8.85. The maximum absolute atomic E-state index is 12.7. The van der Waals surface area contributed by atoms with Gasteiger partial charge in [0.2, 0.25) is 0 Å². The fourth-order valence-corrected chi connectivity index (χ4v) is 6.46. The Morgan fingerprint density at radius 3 is 1.54 bits per heavy atom. The average molecular weight is 957 g/mol. The summed E-state index contributed by atoms with van der Waals surface area (Å²) in [6.07, 6.45) is 44.4. The summed E-state index contributed by atoms with van der Waals surface area (Å²) in [5.74, 6) is -1.37. The highest BCUT2D eigenvalue weighted by atomic mass is 31.2. The maximum atomic E-state index is 12.7. The summed E-state index contributed by atoms with van der Waals surface area (Å²) in [6.45, 7) is 1.27. The Bertz CT molecular complexity index is 1590. The molecule has 6 N–H and O–H groups in total. The van der Waals surface area contributed by atoms with E-state index >= 15 is 0 Å². The van der Waals surface area contributed by atoms with Gasteiger partial charge in [-0.3, -0.25) is 23.2 Å². The number of aliphatic hydroxyl groups is 3. The number of phosphoric acid groups is 2. The van der Waals surface area contributed by atoms with Gasteiger partial charge in [-0.25, -0.2) is 9.13 Å². The molecule has 65 heavy (non-hydrogen) atoms. The Kier molecular flexibility index (Phi) is 39.9. The zero-order valence-electron chi connectivity index (χ0n) is 38.5. The van der Waals surface area contributed by atoms with Gasteiger partial charge in [-0.05, 0) is 70.6 Å². The van der Waals surface area contributed by atoms with E-state index in [1.165, 1.54) is 19.3 Å². The molecule has 0 aromatic rings. The normalized spacial score (nSPS) is 15.9. The van der Waals surface area contributed by atoms with Crippen molar-refractivity contribution in [3.05, 3.63) is 109 Å². The van der Waals surface area contributed by atoms with E-state index in [9.17, 15) is 38.9 Å². The quantitative estimate of drug-likeness (QED) is 0.0110. The maximum Gasteiger partial charge on any atom is 0.472 e. The van der Waals surface area contributed by atoms with Crippen LogP contribution in [0.4, 0.5) is 0 Å². The topological polar surface area (TPSA) is 236 Å². The summed E-state index contributed by atoms with van der Waals surface area (Å²) < 4.78 is 47.5. The number of hydrogen-bond donors (Lipinski definition) is 6. The third-order valence-corrected chi connectivity index (χ3v) is 10.3. The van der Waals surface area contributed by atoms with Gasteiger partial charge in [0, 0.05) is 12.8 Å². The number of hydrogen-bond acceptors (Lipinski definition) is 12. The van der Waals surface area contributed by atoms with Gasteiger partial charge in [-0.1, -0.05) is 155 Å². The van der Waals surface area contributed by atoms with Gasteiger partial charge in [0.1, 0.15) is 12.7 Å². The summed E-state index contributed by atoms with van der Waals surface area (Å²) >= 11 is 0. The molecule has 0 aliphatic heterocycles. The van der Waals surface area contributed by atoms with Crippen LogP contribution in [0, 0.1) is 0 Å². The molecule has 0 fully saturated rings. The molecule has 370 valence electrons. The second-order valence-corrected chi connectivity index (χ2v) is 17.7. The molecule has 0 aliphatic rings. The summed E-state index contributed by atoms with van der Waals surface area (Å²) in [6, 6.07) is 0. The Balaban J connectivity index is 4.86. The highest BCUT2D eigenvalue weighted by Gasteiger charge is 2.28. The van der Waals surface area contributed by atoms with E-state index in [2.05, 4.69) is 65.4 Å². The summed E-state index contributed by atoms with van der Waals surface area (Å²) in [5, 5.41) is 30.0. The Hall–Kier alpha value is -3.30. The lowest BCUT2D eigenvalue weighted by Gasteiger charge is -2.20. The fraction of sp³-hybridized carbons (Fsp3) is 0.583. The first kappa shape index (κ1) is 61.7. The SMILES string of the molecule is CCCCC/C=C\C/C=C\C/C=C\C/C=C\C/C=C\CCC(=O)OC[C@H](COP(=O)(O)OC[C@@H](O)COP(=O)(O)O)OC(=O)CCC[C@H](O)/C=C/C=C\C/C=C\C=C\[C@H](O)CCCCC. The molecule has 0 rings (SSSR count). The molecule has 0 radical (unpaired) electrons. The number of aliphatic hydroxyl groups excluding tert-OH is 3. The number of allylic oxidation sites excluding steroid dienone is 16. The van der Waals surface area contributed by atoms with E-state index in [1.807, 2.05) is 42.5 Å². The molecule has 0 aliphatic carbocycles. The predicted octanol–water partition coefficient (Wildman–Crippen LogP) is 9.83. The molecule has 0 spiro atoms. The summed E-state index contributed by atoms with van der Waals surface area (Å²) in [4.78, 5) is 52.7. The Morgan fingerprint density at radius 1 is 0.508 bits per heavy atom. The zero-order valence-corrected chi connectivity index (χ0v) is 40.3. The summed E-state index contributed by atoms with van der Waals surface area (Å²) in [7, 11) is -9.80. The van der Waals surface area contributed by atoms with E-state index in [0.29, 0.717) is 19.3 Å². The standard InChI is InChI=1S/C48H78O15P2/c1-3-5-7-8-9-10-11-12-13-14-15-16-17-18-19-20-24-27-31-37-47(52)59-41-46(42-62-65(57,58)61-40-45(51)39-60-64(54,55)56)63-48(53)38-32-36-44(50)35-30-26-23-21-22-25-29-34-43(49)33-28-6-4-2/h9-10,12-13,15-16,18-19,22-27,29-30,34-35,43-46,49-51H,3-8,11,14,17,20-21,28,31-33,36-42H2,1-2H3,(H,57,58)(H2,54,55,56)/b10-9-,13-12-,16-15-,19-18-,25-22-,26-23-,27-24-,34-29+,35-30+/t43-,44-,45+,46-/m1/s1. The van der Waals surface area contributed by atoms with Crippen molar-refractivity contribution in [2.45, 2.75) is 154 Å². The second kappa shape index (κ2) is 42.1. The first-order valence-corrected chi connectivity index (χ1v) is 25.8. The minimum absolute atomic E-state index is 0.0156. The van der Waals surface area contributed by atoms with Crippen molar-refractivity contribution >= 4 is 27.6 Å². The molecule has 15 nitrogen and oxygen atoms in total. The second-order valence-electron chi connectivity index (χ2n) is 15.0. The summed E-state index contributed by atoms with van der Waals surface area (Å²) in [5.41, 5.74) is 0. The first-order valence-electron chi connectivity index (χ1n) is 22.8. The predicted molar refractivity (Wildman–Crippen MR) is 255 cm³/mol. The van der Waals surface area contributed by atoms with Gasteiger partial charge in [-0.2, -0.15) is 0 Å². The number of unbranched alkanes of at least 4 members (excludes halogenated alkanes) is 5. The van der Waals surface area contributed by atoms with Crippen LogP contribution in [0.25, 0.3) is 0 Å². The molecule has 0 heterocycles. The van der Waals surface area contributed by atoms with E-state index < -0.39 is 78.4 Å². The van der Waals surface area contributed by atoms with Crippen LogP contribution in [0.3, 0.4) is 0 Å². The number of phosphoric ester groups is 2. The Labute approximate surface area is 387 Å². The van der Waals surface area contributed by atoms with Crippen molar-refractivity contribution in [2.24, 2.45) is 0 Å². The lowest BCUT2D eigenvalue weighted by atomic mass is 10.1. The van der Waals surface area contributed by atoms with Crippen molar-refractivity contribution in [3.63, 3.8) is 0 Å². The molecule has 17 heteroatoms. The molecule has 0 bridgehead atoms. The van der Waals surface area contributed by atoms with Crippen LogP contribution >= 0.6 is 15.6 Å². The molecule has 0 aromatic heterocycles. The van der Waals surface area contributed by atoms with Gasteiger partial charge < -0.3 is 39.5 Å². The monoisotopic (exact) mass is 956 g/mol. The van der Waals surface area contributed by atoms with Gasteiger partial charge in [0.15, 0.2) is 6.10 Å². The van der Waals surface area contributed by atoms with E-state index in [0.717, 1.165) is 51.4 Å².